The number of rotatable bonds is 5. The lowest BCUT2D eigenvalue weighted by Crippen LogP contribution is -2.16. The fourth-order valence-electron chi connectivity index (χ4n) is 3.31. The summed E-state index contributed by atoms with van der Waals surface area (Å²) in [7, 11) is 0. The standard InChI is InChI=1S/C23H20N2O3S/c1-14-3-8-18-15(2)19(23(27)28-20(18)13-14)9-10-21(26)25-17-6-4-16(5-7-17)22-24-11-12-29-22/h3-8,11-13H,9-10H2,1-2H3,(H,25,26). The number of thiazole rings is 1. The SMILES string of the molecule is Cc1ccc2c(C)c(CCC(=O)Nc3ccc(-c4nccs4)cc3)c(=O)oc2c1. The smallest absolute Gasteiger partial charge is 0.339 e. The summed E-state index contributed by atoms with van der Waals surface area (Å²) in [6.07, 6.45) is 2.31. The molecule has 0 bridgehead atoms. The van der Waals surface area contributed by atoms with Gasteiger partial charge in [-0.05, 0) is 61.7 Å². The monoisotopic (exact) mass is 404 g/mol. The highest BCUT2D eigenvalue weighted by Gasteiger charge is 2.13. The van der Waals surface area contributed by atoms with E-state index in [-0.39, 0.29) is 18.0 Å². The highest BCUT2D eigenvalue weighted by atomic mass is 32.1. The van der Waals surface area contributed by atoms with E-state index in [1.807, 2.05) is 61.7 Å². The number of hydrogen-bond donors (Lipinski definition) is 1. The zero-order valence-electron chi connectivity index (χ0n) is 16.2. The number of hydrogen-bond acceptors (Lipinski definition) is 5. The van der Waals surface area contributed by atoms with Crippen LogP contribution in [0.2, 0.25) is 0 Å². The van der Waals surface area contributed by atoms with Crippen molar-refractivity contribution in [1.82, 2.24) is 4.98 Å². The Labute approximate surface area is 172 Å². The predicted molar refractivity (Wildman–Crippen MR) is 116 cm³/mol. The van der Waals surface area contributed by atoms with Crippen LogP contribution < -0.4 is 10.9 Å². The van der Waals surface area contributed by atoms with Gasteiger partial charge in [0, 0.05) is 40.2 Å². The molecule has 0 unspecified atom stereocenters. The normalized spacial score (nSPS) is 11.0. The summed E-state index contributed by atoms with van der Waals surface area (Å²) in [5.74, 6) is -0.144. The van der Waals surface area contributed by atoms with Crippen LogP contribution in [0.3, 0.4) is 0 Å². The van der Waals surface area contributed by atoms with Crippen molar-refractivity contribution in [3.8, 4) is 10.6 Å². The summed E-state index contributed by atoms with van der Waals surface area (Å²) in [4.78, 5) is 29.0. The third kappa shape index (κ3) is 4.12. The third-order valence-corrected chi connectivity index (χ3v) is 5.72. The Kier molecular flexibility index (Phi) is 5.27. The van der Waals surface area contributed by atoms with Crippen LogP contribution in [0.1, 0.15) is 23.1 Å². The van der Waals surface area contributed by atoms with Gasteiger partial charge in [0.15, 0.2) is 0 Å². The maximum absolute atomic E-state index is 12.4. The van der Waals surface area contributed by atoms with Gasteiger partial charge in [0.2, 0.25) is 5.91 Å². The molecule has 146 valence electrons. The van der Waals surface area contributed by atoms with Crippen molar-refractivity contribution in [2.75, 3.05) is 5.32 Å². The molecule has 0 aliphatic carbocycles. The Morgan fingerprint density at radius 2 is 1.93 bits per heavy atom. The molecule has 29 heavy (non-hydrogen) atoms. The van der Waals surface area contributed by atoms with Crippen LogP contribution in [-0.4, -0.2) is 10.9 Å². The molecule has 0 aliphatic heterocycles. The molecule has 4 aromatic rings. The zero-order valence-corrected chi connectivity index (χ0v) is 17.0. The van der Waals surface area contributed by atoms with Crippen molar-refractivity contribution in [3.63, 3.8) is 0 Å². The molecule has 6 heteroatoms. The van der Waals surface area contributed by atoms with Gasteiger partial charge in [-0.15, -0.1) is 11.3 Å². The van der Waals surface area contributed by atoms with Crippen LogP contribution in [0.5, 0.6) is 0 Å². The molecular formula is C23H20N2O3S. The van der Waals surface area contributed by atoms with E-state index >= 15 is 0 Å². The summed E-state index contributed by atoms with van der Waals surface area (Å²) >= 11 is 1.57. The maximum Gasteiger partial charge on any atom is 0.339 e. The zero-order chi connectivity index (χ0) is 20.4. The molecule has 0 atom stereocenters. The highest BCUT2D eigenvalue weighted by molar-refractivity contribution is 7.13. The summed E-state index contributed by atoms with van der Waals surface area (Å²) in [6.45, 7) is 3.86. The Hall–Kier alpha value is -3.25. The lowest BCUT2D eigenvalue weighted by molar-refractivity contribution is -0.116. The molecule has 1 amide bonds. The first-order valence-electron chi connectivity index (χ1n) is 9.34. The number of benzene rings is 2. The number of nitrogens with one attached hydrogen (secondary N) is 1. The number of carbonyl (C=O) groups excluding carboxylic acids is 1. The van der Waals surface area contributed by atoms with Gasteiger partial charge in [-0.3, -0.25) is 4.79 Å². The molecule has 0 saturated carbocycles. The predicted octanol–water partition coefficient (Wildman–Crippen LogP) is 5.10. The summed E-state index contributed by atoms with van der Waals surface area (Å²) < 4.78 is 5.46. The molecule has 0 fully saturated rings. The Balaban J connectivity index is 1.44. The number of carbonyl (C=O) groups is 1. The van der Waals surface area contributed by atoms with E-state index in [1.165, 1.54) is 0 Å². The largest absolute Gasteiger partial charge is 0.423 e. The minimum Gasteiger partial charge on any atom is -0.423 e. The molecule has 0 radical (unpaired) electrons. The molecule has 0 saturated heterocycles. The van der Waals surface area contributed by atoms with Crippen LogP contribution in [0.15, 0.2) is 63.3 Å². The molecule has 0 aliphatic rings. The van der Waals surface area contributed by atoms with Crippen LogP contribution >= 0.6 is 11.3 Å². The first kappa shape index (κ1) is 19.1. The van der Waals surface area contributed by atoms with Gasteiger partial charge in [0.1, 0.15) is 10.6 Å². The average Bonchev–Trinajstić information content (AvgIpc) is 3.23. The minimum absolute atomic E-state index is 0.144. The second kappa shape index (κ2) is 8.01. The first-order valence-corrected chi connectivity index (χ1v) is 10.2. The lowest BCUT2D eigenvalue weighted by Gasteiger charge is -2.09. The van der Waals surface area contributed by atoms with Crippen molar-refractivity contribution in [2.24, 2.45) is 0 Å². The van der Waals surface area contributed by atoms with Gasteiger partial charge in [0.05, 0.1) is 0 Å². The van der Waals surface area contributed by atoms with E-state index in [4.69, 9.17) is 4.42 Å². The van der Waals surface area contributed by atoms with E-state index in [0.717, 1.165) is 27.1 Å². The number of amides is 1. The van der Waals surface area contributed by atoms with Crippen LogP contribution in [0.4, 0.5) is 5.69 Å². The Bertz CT molecular complexity index is 1230. The van der Waals surface area contributed by atoms with Crippen molar-refractivity contribution in [3.05, 3.63) is 81.2 Å². The van der Waals surface area contributed by atoms with Crippen molar-refractivity contribution in [1.29, 1.82) is 0 Å². The van der Waals surface area contributed by atoms with Crippen LogP contribution in [-0.2, 0) is 11.2 Å². The second-order valence-corrected chi connectivity index (χ2v) is 7.85. The number of fused-ring (bicyclic) bond motifs is 1. The third-order valence-electron chi connectivity index (χ3n) is 4.89. The molecule has 2 heterocycles. The molecule has 4 rings (SSSR count). The summed E-state index contributed by atoms with van der Waals surface area (Å²) in [5.41, 5.74) is 4.40. The number of aromatic nitrogens is 1. The summed E-state index contributed by atoms with van der Waals surface area (Å²) in [5, 5.41) is 6.65. The number of aryl methyl sites for hydroxylation is 2. The molecule has 2 aromatic carbocycles. The van der Waals surface area contributed by atoms with Gasteiger partial charge < -0.3 is 9.73 Å². The minimum atomic E-state index is -0.374. The van der Waals surface area contributed by atoms with Gasteiger partial charge in [0.25, 0.3) is 0 Å². The quantitative estimate of drug-likeness (QED) is 0.470. The number of anilines is 1. The number of nitrogens with zero attached hydrogens (tertiary/aromatic N) is 1. The Morgan fingerprint density at radius 3 is 2.66 bits per heavy atom. The van der Waals surface area contributed by atoms with E-state index in [2.05, 4.69) is 10.3 Å². The average molecular weight is 404 g/mol. The molecule has 1 N–H and O–H groups in total. The van der Waals surface area contributed by atoms with Crippen LogP contribution in [0.25, 0.3) is 21.5 Å². The van der Waals surface area contributed by atoms with Gasteiger partial charge in [-0.2, -0.15) is 0 Å². The van der Waals surface area contributed by atoms with E-state index in [0.29, 0.717) is 23.3 Å². The van der Waals surface area contributed by atoms with Crippen molar-refractivity contribution >= 4 is 33.9 Å². The lowest BCUT2D eigenvalue weighted by atomic mass is 10.0. The second-order valence-electron chi connectivity index (χ2n) is 6.96. The summed E-state index contributed by atoms with van der Waals surface area (Å²) in [6, 6.07) is 13.4. The fourth-order valence-corrected chi connectivity index (χ4v) is 3.96. The topological polar surface area (TPSA) is 72.2 Å². The Morgan fingerprint density at radius 1 is 1.14 bits per heavy atom. The molecule has 5 nitrogen and oxygen atoms in total. The first-order chi connectivity index (χ1) is 14.0. The molecule has 2 aromatic heterocycles. The molecular weight excluding hydrogens is 384 g/mol. The van der Waals surface area contributed by atoms with Gasteiger partial charge >= 0.3 is 5.63 Å². The van der Waals surface area contributed by atoms with E-state index in [1.54, 1.807) is 17.5 Å². The highest BCUT2D eigenvalue weighted by Crippen LogP contribution is 2.24. The van der Waals surface area contributed by atoms with Crippen molar-refractivity contribution in [2.45, 2.75) is 26.7 Å². The fraction of sp³-hybridized carbons (Fsp3) is 0.174. The van der Waals surface area contributed by atoms with E-state index in [9.17, 15) is 9.59 Å². The van der Waals surface area contributed by atoms with Gasteiger partial charge in [-0.25, -0.2) is 9.78 Å². The van der Waals surface area contributed by atoms with Crippen molar-refractivity contribution < 1.29 is 9.21 Å². The maximum atomic E-state index is 12.4. The van der Waals surface area contributed by atoms with Gasteiger partial charge in [-0.1, -0.05) is 12.1 Å². The van der Waals surface area contributed by atoms with Crippen LogP contribution in [0, 0.1) is 13.8 Å². The molecule has 0 spiro atoms. The van der Waals surface area contributed by atoms with E-state index < -0.39 is 0 Å².